The van der Waals surface area contributed by atoms with Gasteiger partial charge < -0.3 is 10.1 Å². The van der Waals surface area contributed by atoms with Gasteiger partial charge in [0.05, 0.1) is 4.47 Å². The van der Waals surface area contributed by atoms with E-state index in [0.29, 0.717) is 6.61 Å². The van der Waals surface area contributed by atoms with E-state index < -0.39 is 0 Å². The number of nitrogens with one attached hydrogen (secondary N) is 1. The number of unbranched alkanes of at least 4 members (excludes halogenated alkanes) is 1. The molecule has 2 aromatic rings. The quantitative estimate of drug-likeness (QED) is 0.764. The Hall–Kier alpha value is -1.06. The zero-order valence-corrected chi connectivity index (χ0v) is 12.9. The summed E-state index contributed by atoms with van der Waals surface area (Å²) in [5.41, 5.74) is 0. The average molecular weight is 322 g/mol. The first-order chi connectivity index (χ1) is 9.33. The van der Waals surface area contributed by atoms with Crippen LogP contribution in [-0.2, 0) is 0 Å². The smallest absolute Gasteiger partial charge is 0.134 e. The lowest BCUT2D eigenvalue weighted by Gasteiger charge is -2.10. The molecule has 0 aromatic heterocycles. The van der Waals surface area contributed by atoms with Crippen molar-refractivity contribution in [2.75, 3.05) is 19.7 Å². The maximum absolute atomic E-state index is 5.82. The van der Waals surface area contributed by atoms with Crippen molar-refractivity contribution in [3.63, 3.8) is 0 Å². The molecule has 0 heterocycles. The van der Waals surface area contributed by atoms with Gasteiger partial charge in [0.2, 0.25) is 0 Å². The van der Waals surface area contributed by atoms with Gasteiger partial charge >= 0.3 is 0 Å². The normalized spacial score (nSPS) is 10.8. The minimum absolute atomic E-state index is 0.695. The molecule has 0 aliphatic heterocycles. The Morgan fingerprint density at radius 3 is 2.79 bits per heavy atom. The van der Waals surface area contributed by atoms with Crippen LogP contribution < -0.4 is 10.1 Å². The minimum atomic E-state index is 0.695. The van der Waals surface area contributed by atoms with E-state index >= 15 is 0 Å². The van der Waals surface area contributed by atoms with Crippen molar-refractivity contribution in [2.45, 2.75) is 19.8 Å². The topological polar surface area (TPSA) is 21.3 Å². The third-order valence-corrected chi connectivity index (χ3v) is 3.89. The highest BCUT2D eigenvalue weighted by Gasteiger charge is 2.05. The lowest BCUT2D eigenvalue weighted by atomic mass is 10.1. The molecule has 19 heavy (non-hydrogen) atoms. The molecule has 0 unspecified atom stereocenters. The maximum Gasteiger partial charge on any atom is 0.134 e. The summed E-state index contributed by atoms with van der Waals surface area (Å²) in [6.45, 7) is 4.85. The van der Waals surface area contributed by atoms with E-state index in [1.54, 1.807) is 0 Å². The third kappa shape index (κ3) is 3.95. The summed E-state index contributed by atoms with van der Waals surface area (Å²) in [5, 5.41) is 5.79. The molecule has 0 radical (unpaired) electrons. The van der Waals surface area contributed by atoms with E-state index in [4.69, 9.17) is 4.74 Å². The second-order valence-electron chi connectivity index (χ2n) is 4.55. The van der Waals surface area contributed by atoms with Gasteiger partial charge in [-0.1, -0.05) is 43.7 Å². The van der Waals surface area contributed by atoms with Gasteiger partial charge in [0.25, 0.3) is 0 Å². The van der Waals surface area contributed by atoms with Crippen molar-refractivity contribution in [1.82, 2.24) is 5.32 Å². The minimum Gasteiger partial charge on any atom is -0.491 e. The highest BCUT2D eigenvalue weighted by Crippen LogP contribution is 2.32. The van der Waals surface area contributed by atoms with E-state index in [1.165, 1.54) is 23.6 Å². The van der Waals surface area contributed by atoms with Crippen molar-refractivity contribution < 1.29 is 4.74 Å². The lowest BCUT2D eigenvalue weighted by molar-refractivity contribution is 0.312. The van der Waals surface area contributed by atoms with Crippen LogP contribution in [0.25, 0.3) is 10.8 Å². The number of benzene rings is 2. The molecule has 102 valence electrons. The average Bonchev–Trinajstić information content (AvgIpc) is 2.45. The summed E-state index contributed by atoms with van der Waals surface area (Å²) in [4.78, 5) is 0. The molecule has 0 saturated heterocycles. The van der Waals surface area contributed by atoms with Gasteiger partial charge in [-0.2, -0.15) is 0 Å². The Labute approximate surface area is 123 Å². The van der Waals surface area contributed by atoms with E-state index in [-0.39, 0.29) is 0 Å². The molecule has 2 aromatic carbocycles. The summed E-state index contributed by atoms with van der Waals surface area (Å²) in [6.07, 6.45) is 2.45. The van der Waals surface area contributed by atoms with Crippen LogP contribution in [0.1, 0.15) is 19.8 Å². The zero-order valence-electron chi connectivity index (χ0n) is 11.3. The standard InChI is InChI=1S/C16H20BrNO/c1-2-3-10-18-11-12-19-15-9-8-13-6-4-5-7-14(13)16(15)17/h4-9,18H,2-3,10-12H2,1H3. The zero-order chi connectivity index (χ0) is 13.5. The summed E-state index contributed by atoms with van der Waals surface area (Å²) in [7, 11) is 0. The Morgan fingerprint density at radius 1 is 1.11 bits per heavy atom. The fraction of sp³-hybridized carbons (Fsp3) is 0.375. The molecule has 0 spiro atoms. The van der Waals surface area contributed by atoms with Gasteiger partial charge in [-0.25, -0.2) is 0 Å². The molecule has 0 bridgehead atoms. The van der Waals surface area contributed by atoms with Crippen LogP contribution >= 0.6 is 15.9 Å². The molecule has 3 heteroatoms. The van der Waals surface area contributed by atoms with Crippen LogP contribution in [0.4, 0.5) is 0 Å². The Kier molecular flexibility index (Phi) is 5.67. The van der Waals surface area contributed by atoms with Crippen LogP contribution in [0.15, 0.2) is 40.9 Å². The number of ether oxygens (including phenoxy) is 1. The number of halogens is 1. The molecule has 0 atom stereocenters. The Morgan fingerprint density at radius 2 is 1.95 bits per heavy atom. The second kappa shape index (κ2) is 7.51. The van der Waals surface area contributed by atoms with Crippen LogP contribution in [0.5, 0.6) is 5.75 Å². The van der Waals surface area contributed by atoms with Gasteiger partial charge in [0.1, 0.15) is 12.4 Å². The fourth-order valence-electron chi connectivity index (χ4n) is 1.98. The van der Waals surface area contributed by atoms with E-state index in [9.17, 15) is 0 Å². The monoisotopic (exact) mass is 321 g/mol. The molecule has 0 saturated carbocycles. The summed E-state index contributed by atoms with van der Waals surface area (Å²) >= 11 is 3.63. The van der Waals surface area contributed by atoms with Crippen molar-refractivity contribution in [3.05, 3.63) is 40.9 Å². The first kappa shape index (κ1) is 14.4. The first-order valence-corrected chi connectivity index (χ1v) is 7.63. The second-order valence-corrected chi connectivity index (χ2v) is 5.34. The number of hydrogen-bond acceptors (Lipinski definition) is 2. The first-order valence-electron chi connectivity index (χ1n) is 6.83. The summed E-state index contributed by atoms with van der Waals surface area (Å²) < 4.78 is 6.86. The van der Waals surface area contributed by atoms with Crippen LogP contribution in [0.3, 0.4) is 0 Å². The molecule has 0 fully saturated rings. The number of fused-ring (bicyclic) bond motifs is 1. The van der Waals surface area contributed by atoms with Gasteiger partial charge in [-0.15, -0.1) is 0 Å². The SMILES string of the molecule is CCCCNCCOc1ccc2ccccc2c1Br. The largest absolute Gasteiger partial charge is 0.491 e. The number of rotatable bonds is 7. The molecule has 1 N–H and O–H groups in total. The molecule has 0 aliphatic rings. The summed E-state index contributed by atoms with van der Waals surface area (Å²) in [6, 6.07) is 12.4. The predicted molar refractivity (Wildman–Crippen MR) is 84.9 cm³/mol. The van der Waals surface area contributed by atoms with E-state index in [1.807, 2.05) is 18.2 Å². The van der Waals surface area contributed by atoms with Crippen LogP contribution in [-0.4, -0.2) is 19.7 Å². The molecular formula is C16H20BrNO. The van der Waals surface area contributed by atoms with Gasteiger partial charge in [-0.3, -0.25) is 0 Å². The Balaban J connectivity index is 1.92. The summed E-state index contributed by atoms with van der Waals surface area (Å²) in [5.74, 6) is 0.913. The van der Waals surface area contributed by atoms with Gasteiger partial charge in [-0.05, 0) is 45.7 Å². The van der Waals surface area contributed by atoms with Crippen molar-refractivity contribution >= 4 is 26.7 Å². The van der Waals surface area contributed by atoms with E-state index in [2.05, 4.69) is 46.4 Å². The lowest BCUT2D eigenvalue weighted by Crippen LogP contribution is -2.22. The molecule has 2 nitrogen and oxygen atoms in total. The van der Waals surface area contributed by atoms with Crippen molar-refractivity contribution in [2.24, 2.45) is 0 Å². The predicted octanol–water partition coefficient (Wildman–Crippen LogP) is 4.37. The molecule has 0 aliphatic carbocycles. The van der Waals surface area contributed by atoms with Crippen LogP contribution in [0, 0.1) is 0 Å². The molecule has 2 rings (SSSR count). The molecule has 0 amide bonds. The molecular weight excluding hydrogens is 302 g/mol. The maximum atomic E-state index is 5.82. The number of hydrogen-bond donors (Lipinski definition) is 1. The van der Waals surface area contributed by atoms with Gasteiger partial charge in [0.15, 0.2) is 0 Å². The highest BCUT2D eigenvalue weighted by molar-refractivity contribution is 9.10. The Bertz CT molecular complexity index is 527. The highest BCUT2D eigenvalue weighted by atomic mass is 79.9. The van der Waals surface area contributed by atoms with E-state index in [0.717, 1.165) is 23.3 Å². The fourth-order valence-corrected chi connectivity index (χ4v) is 2.59. The third-order valence-electron chi connectivity index (χ3n) is 3.07. The van der Waals surface area contributed by atoms with Crippen molar-refractivity contribution in [3.8, 4) is 5.75 Å². The van der Waals surface area contributed by atoms with Crippen molar-refractivity contribution in [1.29, 1.82) is 0 Å². The van der Waals surface area contributed by atoms with Crippen LogP contribution in [0.2, 0.25) is 0 Å². The van der Waals surface area contributed by atoms with Gasteiger partial charge in [0, 0.05) is 6.54 Å².